The second-order valence-corrected chi connectivity index (χ2v) is 20.2. The molecule has 2 fully saturated rings. The van der Waals surface area contributed by atoms with E-state index in [2.05, 4.69) is 39.9 Å². The first-order chi connectivity index (χ1) is 21.2. The normalized spacial score (nSPS) is 25.9. The first-order valence-electron chi connectivity index (χ1n) is 16.7. The summed E-state index contributed by atoms with van der Waals surface area (Å²) in [5, 5.41) is 0.0382. The molecule has 5 aliphatic rings. The van der Waals surface area contributed by atoms with Gasteiger partial charge in [0.2, 0.25) is 0 Å². The Hall–Kier alpha value is -2.04. The molecule has 45 heavy (non-hydrogen) atoms. The number of nitrogens with zero attached hydrogens (tertiary/aromatic N) is 1. The number of pyridine rings is 1. The Morgan fingerprint density at radius 2 is 1.64 bits per heavy atom. The lowest BCUT2D eigenvalue weighted by Gasteiger charge is -2.51. The van der Waals surface area contributed by atoms with Crippen LogP contribution in [0.5, 0.6) is 0 Å². The standard InChI is InChI=1S/C36H46F3NO4Si/c1-33(2,3)45(4,5)44-27-22-34(13-6-14-34)21-26-28(27)30-29(31(40-26)23-11-17-41-18-12-23)32(43-35(30)15-19-42-20-16-35)24-7-9-25(10-8-24)36(37,38)39/h7-11,27,32H,6,12-22H2,1-5H3/t27-,32+/m0/s1. The molecule has 1 saturated heterocycles. The van der Waals surface area contributed by atoms with Crippen LogP contribution in [-0.4, -0.2) is 39.7 Å². The predicted octanol–water partition coefficient (Wildman–Crippen LogP) is 9.21. The van der Waals surface area contributed by atoms with Gasteiger partial charge in [-0.25, -0.2) is 0 Å². The highest BCUT2D eigenvalue weighted by Crippen LogP contribution is 2.62. The van der Waals surface area contributed by atoms with Crippen molar-refractivity contribution < 1.29 is 31.8 Å². The second kappa shape index (κ2) is 11.0. The van der Waals surface area contributed by atoms with E-state index in [1.807, 2.05) is 0 Å². The maximum atomic E-state index is 13.6. The SMILES string of the molecule is CC(C)(C)[Si](C)(C)O[C@H]1CC2(CCC2)Cc2nc(C3=CCOCC3)c3c(c21)C1(CCOCC1)O[C@@H]3c1ccc(C(F)(F)F)cc1. The Kier molecular flexibility index (Phi) is 7.72. The van der Waals surface area contributed by atoms with E-state index in [1.165, 1.54) is 42.5 Å². The van der Waals surface area contributed by atoms with Gasteiger partial charge in [-0.15, -0.1) is 0 Å². The van der Waals surface area contributed by atoms with Crippen LogP contribution in [0, 0.1) is 5.41 Å². The van der Waals surface area contributed by atoms with E-state index in [-0.39, 0.29) is 16.6 Å². The molecule has 0 N–H and O–H groups in total. The zero-order valence-electron chi connectivity index (χ0n) is 27.2. The van der Waals surface area contributed by atoms with Crippen molar-refractivity contribution in [2.45, 2.75) is 114 Å². The van der Waals surface area contributed by atoms with E-state index in [1.54, 1.807) is 12.1 Å². The van der Waals surface area contributed by atoms with Crippen LogP contribution in [0.15, 0.2) is 30.3 Å². The number of alkyl halides is 3. The van der Waals surface area contributed by atoms with Crippen LogP contribution >= 0.6 is 0 Å². The maximum absolute atomic E-state index is 13.6. The number of halogens is 3. The summed E-state index contributed by atoms with van der Waals surface area (Å²) in [7, 11) is -2.18. The van der Waals surface area contributed by atoms with Crippen LogP contribution in [0.2, 0.25) is 18.1 Å². The van der Waals surface area contributed by atoms with Gasteiger partial charge in [-0.2, -0.15) is 13.2 Å². The van der Waals surface area contributed by atoms with Gasteiger partial charge in [0.25, 0.3) is 0 Å². The van der Waals surface area contributed by atoms with Gasteiger partial charge >= 0.3 is 6.18 Å². The summed E-state index contributed by atoms with van der Waals surface area (Å²) >= 11 is 0. The minimum Gasteiger partial charge on any atom is -0.410 e. The molecule has 2 spiro atoms. The third-order valence-electron chi connectivity index (χ3n) is 11.7. The van der Waals surface area contributed by atoms with Gasteiger partial charge in [0.1, 0.15) is 6.10 Å². The number of hydrogen-bond donors (Lipinski definition) is 0. The van der Waals surface area contributed by atoms with Crippen LogP contribution in [0.3, 0.4) is 0 Å². The Bertz CT molecular complexity index is 1480. The molecule has 2 atom stereocenters. The fourth-order valence-corrected chi connectivity index (χ4v) is 9.25. The van der Waals surface area contributed by atoms with Crippen LogP contribution in [-0.2, 0) is 36.8 Å². The van der Waals surface area contributed by atoms with Crippen LogP contribution in [0.4, 0.5) is 13.2 Å². The molecule has 1 aromatic carbocycles. The zero-order chi connectivity index (χ0) is 31.8. The lowest BCUT2D eigenvalue weighted by atomic mass is 9.58. The van der Waals surface area contributed by atoms with E-state index in [4.69, 9.17) is 23.6 Å². The summed E-state index contributed by atoms with van der Waals surface area (Å²) in [4.78, 5) is 5.56. The number of hydrogen-bond acceptors (Lipinski definition) is 5. The van der Waals surface area contributed by atoms with Gasteiger partial charge in [0.05, 0.1) is 36.2 Å². The molecule has 1 aromatic heterocycles. The maximum Gasteiger partial charge on any atom is 0.416 e. The fraction of sp³-hybridized carbons (Fsp3) is 0.639. The summed E-state index contributed by atoms with van der Waals surface area (Å²) in [5.41, 5.74) is 6.24. The highest BCUT2D eigenvalue weighted by Gasteiger charge is 2.55. The van der Waals surface area contributed by atoms with Crippen molar-refractivity contribution >= 4 is 13.9 Å². The van der Waals surface area contributed by atoms with Gasteiger partial charge in [-0.1, -0.05) is 45.4 Å². The smallest absolute Gasteiger partial charge is 0.410 e. The average Bonchev–Trinajstić information content (AvgIpc) is 3.29. The number of ether oxygens (including phenoxy) is 3. The van der Waals surface area contributed by atoms with E-state index in [0.717, 1.165) is 47.4 Å². The van der Waals surface area contributed by atoms with Gasteiger partial charge in [0, 0.05) is 42.9 Å². The summed E-state index contributed by atoms with van der Waals surface area (Å²) < 4.78 is 67.0. The average molecular weight is 642 g/mol. The molecule has 0 radical (unpaired) electrons. The lowest BCUT2D eigenvalue weighted by molar-refractivity contribution is -0.137. The molecule has 0 amide bonds. The monoisotopic (exact) mass is 641 g/mol. The van der Waals surface area contributed by atoms with E-state index in [9.17, 15) is 13.2 Å². The highest BCUT2D eigenvalue weighted by atomic mass is 28.4. The van der Waals surface area contributed by atoms with Crippen molar-refractivity contribution in [3.63, 3.8) is 0 Å². The van der Waals surface area contributed by atoms with Crippen molar-refractivity contribution in [2.75, 3.05) is 26.4 Å². The molecule has 2 aromatic rings. The van der Waals surface area contributed by atoms with Gasteiger partial charge in [-0.05, 0) is 84.5 Å². The first kappa shape index (κ1) is 31.6. The largest absolute Gasteiger partial charge is 0.416 e. The third-order valence-corrected chi connectivity index (χ3v) is 16.1. The quantitative estimate of drug-likeness (QED) is 0.312. The van der Waals surface area contributed by atoms with Crippen molar-refractivity contribution in [3.05, 3.63) is 69.5 Å². The van der Waals surface area contributed by atoms with Crippen LogP contribution < -0.4 is 0 Å². The molecule has 0 bridgehead atoms. The topological polar surface area (TPSA) is 49.8 Å². The van der Waals surface area contributed by atoms with Crippen LogP contribution in [0.1, 0.15) is 117 Å². The van der Waals surface area contributed by atoms with Gasteiger partial charge in [-0.3, -0.25) is 4.98 Å². The fourth-order valence-electron chi connectivity index (χ4n) is 7.99. The van der Waals surface area contributed by atoms with Crippen LogP contribution in [0.25, 0.3) is 5.57 Å². The van der Waals surface area contributed by atoms with Crippen molar-refractivity contribution in [2.24, 2.45) is 5.41 Å². The molecule has 0 unspecified atom stereocenters. The minimum atomic E-state index is -4.40. The summed E-state index contributed by atoms with van der Waals surface area (Å²) in [5.74, 6) is 0. The molecule has 4 heterocycles. The Morgan fingerprint density at radius 3 is 2.22 bits per heavy atom. The summed E-state index contributed by atoms with van der Waals surface area (Å²) in [6.45, 7) is 13.8. The molecule has 3 aliphatic heterocycles. The Balaban J connectivity index is 1.47. The first-order valence-corrected chi connectivity index (χ1v) is 19.6. The number of benzene rings is 1. The molecule has 5 nitrogen and oxygen atoms in total. The molecule has 244 valence electrons. The van der Waals surface area contributed by atoms with E-state index in [0.29, 0.717) is 39.3 Å². The number of fused-ring (bicyclic) bond motifs is 4. The molecule has 2 aliphatic carbocycles. The third kappa shape index (κ3) is 5.44. The molecular formula is C36H46F3NO4Si. The zero-order valence-corrected chi connectivity index (χ0v) is 28.2. The number of aromatic nitrogens is 1. The summed E-state index contributed by atoms with van der Waals surface area (Å²) in [6, 6.07) is 5.53. The van der Waals surface area contributed by atoms with Gasteiger partial charge < -0.3 is 18.6 Å². The molecular weight excluding hydrogens is 595 g/mol. The van der Waals surface area contributed by atoms with E-state index < -0.39 is 31.8 Å². The second-order valence-electron chi connectivity index (χ2n) is 15.5. The Labute approximate surface area is 266 Å². The molecule has 1 saturated carbocycles. The van der Waals surface area contributed by atoms with Gasteiger partial charge in [0.15, 0.2) is 8.32 Å². The highest BCUT2D eigenvalue weighted by molar-refractivity contribution is 6.74. The number of rotatable bonds is 4. The Morgan fingerprint density at radius 1 is 0.933 bits per heavy atom. The van der Waals surface area contributed by atoms with Crippen molar-refractivity contribution in [1.82, 2.24) is 4.98 Å². The minimum absolute atomic E-state index is 0.0382. The van der Waals surface area contributed by atoms with Crippen molar-refractivity contribution in [3.8, 4) is 0 Å². The predicted molar refractivity (Wildman–Crippen MR) is 169 cm³/mol. The molecule has 9 heteroatoms. The molecule has 7 rings (SSSR count). The van der Waals surface area contributed by atoms with E-state index >= 15 is 0 Å². The van der Waals surface area contributed by atoms with Crippen molar-refractivity contribution in [1.29, 1.82) is 0 Å². The summed E-state index contributed by atoms with van der Waals surface area (Å²) in [6.07, 6.45) is 4.74. The lowest BCUT2D eigenvalue weighted by Crippen LogP contribution is -2.47.